The van der Waals surface area contributed by atoms with Crippen LogP contribution in [-0.2, 0) is 74.9 Å². The molecular formula is C13H34N2O3Y2-2. The van der Waals surface area contributed by atoms with E-state index in [0.29, 0.717) is 0 Å². The molecule has 0 fully saturated rings. The van der Waals surface area contributed by atoms with Gasteiger partial charge in [-0.25, -0.2) is 0 Å². The van der Waals surface area contributed by atoms with Crippen molar-refractivity contribution in [2.24, 2.45) is 0 Å². The van der Waals surface area contributed by atoms with E-state index in [2.05, 4.69) is 24.5 Å². The maximum Gasteiger partial charge on any atom is 0.0406 e. The Bertz CT molecular complexity index is 165. The molecule has 0 aliphatic carbocycles. The van der Waals surface area contributed by atoms with E-state index in [1.165, 1.54) is 0 Å². The van der Waals surface area contributed by atoms with Gasteiger partial charge in [-0.1, -0.05) is 21.3 Å². The third-order valence-electron chi connectivity index (χ3n) is 2.77. The first-order valence-electron chi connectivity index (χ1n) is 5.57. The van der Waals surface area contributed by atoms with Crippen molar-refractivity contribution in [2.45, 2.75) is 52.9 Å². The molecule has 0 rings (SSSR count). The van der Waals surface area contributed by atoms with Gasteiger partial charge in [0.25, 0.3) is 0 Å². The Hall–Kier alpha value is 2.01. The Labute approximate surface area is 177 Å². The molecule has 0 saturated heterocycles. The summed E-state index contributed by atoms with van der Waals surface area (Å²) in [6.07, 6.45) is 0.479. The van der Waals surface area contributed by atoms with E-state index in [4.69, 9.17) is 9.47 Å². The summed E-state index contributed by atoms with van der Waals surface area (Å²) in [6.45, 7) is 8.93. The molecule has 20 heavy (non-hydrogen) atoms. The Morgan fingerprint density at radius 2 is 1.40 bits per heavy atom. The summed E-state index contributed by atoms with van der Waals surface area (Å²) in [6, 6.07) is 0. The maximum atomic E-state index is 5.11. The first kappa shape index (κ1) is 37.9. The zero-order valence-corrected chi connectivity index (χ0v) is 19.4. The zero-order valence-electron chi connectivity index (χ0n) is 13.7. The number of ether oxygens (including phenoxy) is 2. The largest absolute Gasteiger partial charge is 0.663 e. The fourth-order valence-electron chi connectivity index (χ4n) is 0.802. The summed E-state index contributed by atoms with van der Waals surface area (Å²) in [7, 11) is 7.00. The monoisotopic (exact) mass is 444 g/mol. The molecule has 0 saturated carbocycles. The van der Waals surface area contributed by atoms with E-state index in [0.717, 1.165) is 6.54 Å². The first-order chi connectivity index (χ1) is 7.35. The number of hydrogen-bond acceptors (Lipinski definition) is 2. The maximum absolute atomic E-state index is 5.11. The third-order valence-corrected chi connectivity index (χ3v) is 2.77. The van der Waals surface area contributed by atoms with Gasteiger partial charge in [-0.3, -0.25) is 0 Å². The Morgan fingerprint density at radius 3 is 1.50 bits per heavy atom. The van der Waals surface area contributed by atoms with Gasteiger partial charge in [-0.05, 0) is 13.8 Å². The summed E-state index contributed by atoms with van der Waals surface area (Å²) < 4.78 is 10.0. The molecule has 2 radical (unpaired) electrons. The average Bonchev–Trinajstić information content (AvgIpc) is 2.28. The van der Waals surface area contributed by atoms with Crippen molar-refractivity contribution in [2.75, 3.05) is 34.9 Å². The van der Waals surface area contributed by atoms with Crippen LogP contribution in [0.15, 0.2) is 0 Å². The molecular weight excluding hydrogens is 410 g/mol. The van der Waals surface area contributed by atoms with Gasteiger partial charge in [0.05, 0.1) is 0 Å². The second-order valence-electron chi connectivity index (χ2n) is 4.30. The van der Waals surface area contributed by atoms with Crippen molar-refractivity contribution in [1.29, 1.82) is 0 Å². The Kier molecular flexibility index (Phi) is 44.1. The molecule has 5 nitrogen and oxygen atoms in total. The molecule has 2 atom stereocenters. The normalized spacial score (nSPS) is 12.0. The van der Waals surface area contributed by atoms with Crippen molar-refractivity contribution in [1.82, 2.24) is 0 Å². The van der Waals surface area contributed by atoms with Gasteiger partial charge < -0.3 is 25.6 Å². The molecule has 2 unspecified atom stereocenters. The van der Waals surface area contributed by atoms with Crippen LogP contribution in [0.5, 0.6) is 0 Å². The summed E-state index contributed by atoms with van der Waals surface area (Å²) in [5.41, 5.74) is -0.0469. The van der Waals surface area contributed by atoms with E-state index < -0.39 is 0 Å². The molecule has 0 aromatic heterocycles. The first-order valence-corrected chi connectivity index (χ1v) is 5.57. The molecule has 0 bridgehead atoms. The predicted molar refractivity (Wildman–Crippen MR) is 80.8 cm³/mol. The summed E-state index contributed by atoms with van der Waals surface area (Å²) in [5, 5.41) is 8.05. The van der Waals surface area contributed by atoms with Crippen molar-refractivity contribution in [3.8, 4) is 0 Å². The van der Waals surface area contributed by atoms with Crippen LogP contribution in [0.3, 0.4) is 0 Å². The molecule has 0 aliphatic rings. The van der Waals surface area contributed by atoms with Gasteiger partial charge in [0.1, 0.15) is 0 Å². The smallest absolute Gasteiger partial charge is 0.0406 e. The Balaban J connectivity index is -0.0000000416. The second kappa shape index (κ2) is 23.3. The number of rotatable bonds is 6. The number of likely N-dealkylation sites (N-methyl/N-ethyl adjacent to an activating group) is 2. The van der Waals surface area contributed by atoms with Crippen LogP contribution >= 0.6 is 0 Å². The molecule has 2 N–H and O–H groups in total. The molecule has 7 heteroatoms. The van der Waals surface area contributed by atoms with Gasteiger partial charge in [-0.15, -0.1) is 12.1 Å². The van der Waals surface area contributed by atoms with Gasteiger partial charge in [0, 0.05) is 91.8 Å². The van der Waals surface area contributed by atoms with Crippen LogP contribution in [0.1, 0.15) is 35.1 Å². The molecule has 0 amide bonds. The Morgan fingerprint density at radius 1 is 1.00 bits per heavy atom. The number of nitrogens with zero attached hydrogens (tertiary/aromatic N) is 2. The zero-order chi connectivity index (χ0) is 13.2. The summed E-state index contributed by atoms with van der Waals surface area (Å²) in [5.74, 6) is 0. The number of methoxy groups -OCH3 is 2. The van der Waals surface area contributed by atoms with Crippen molar-refractivity contribution in [3.05, 3.63) is 10.6 Å². The fraction of sp³-hybridized carbons (Fsp3) is 1.00. The van der Waals surface area contributed by atoms with Crippen molar-refractivity contribution < 1.29 is 80.4 Å². The minimum Gasteiger partial charge on any atom is -0.663 e. The molecule has 0 spiro atoms. The third kappa shape index (κ3) is 22.3. The average molecular weight is 444 g/mol. The van der Waals surface area contributed by atoms with Crippen LogP contribution in [0.2, 0.25) is 0 Å². The fourth-order valence-corrected chi connectivity index (χ4v) is 0.802. The minimum absolute atomic E-state index is 0. The standard InChI is InChI=1S/C7H16NO.C5H12NO.CH4.H2O.2Y/c1-6(9-5)7(2,3)8-4;1-5(7-3)4-6-2;;;;/h6H,1-5H3;5H,4H2,1-3H3;1H4;1H2;;/q2*-1;;;;. The second-order valence-corrected chi connectivity index (χ2v) is 4.30. The molecule has 0 aliphatic heterocycles. The van der Waals surface area contributed by atoms with E-state index in [1.807, 2.05) is 20.9 Å². The minimum atomic E-state index is -0.0469. The summed E-state index contributed by atoms with van der Waals surface area (Å²) in [4.78, 5) is 0. The van der Waals surface area contributed by atoms with Crippen molar-refractivity contribution >= 4 is 0 Å². The summed E-state index contributed by atoms with van der Waals surface area (Å²) >= 11 is 0. The predicted octanol–water partition coefficient (Wildman–Crippen LogP) is 2.63. The van der Waals surface area contributed by atoms with Crippen LogP contribution in [0.25, 0.3) is 10.6 Å². The van der Waals surface area contributed by atoms with E-state index in [9.17, 15) is 0 Å². The number of hydrogen-bond donors (Lipinski definition) is 0. The van der Waals surface area contributed by atoms with Crippen molar-refractivity contribution in [3.63, 3.8) is 0 Å². The van der Waals surface area contributed by atoms with Crippen LogP contribution in [0.4, 0.5) is 0 Å². The van der Waals surface area contributed by atoms with Gasteiger partial charge in [0.2, 0.25) is 0 Å². The molecule has 0 heterocycles. The molecule has 0 aromatic carbocycles. The van der Waals surface area contributed by atoms with E-state index >= 15 is 0 Å². The van der Waals surface area contributed by atoms with E-state index in [-0.39, 0.29) is 96.1 Å². The van der Waals surface area contributed by atoms with Gasteiger partial charge in [0.15, 0.2) is 0 Å². The van der Waals surface area contributed by atoms with Gasteiger partial charge in [-0.2, -0.15) is 14.1 Å². The molecule has 0 aromatic rings. The van der Waals surface area contributed by atoms with Crippen LogP contribution in [-0.4, -0.2) is 58.1 Å². The van der Waals surface area contributed by atoms with Crippen LogP contribution in [0, 0.1) is 0 Å². The quantitative estimate of drug-likeness (QED) is 0.632. The van der Waals surface area contributed by atoms with E-state index in [1.54, 1.807) is 21.3 Å². The SMILES string of the molecule is C.C[N-]C(C)(C)C(C)OC.C[N-]CC(C)OC.O.[Y].[Y]. The van der Waals surface area contributed by atoms with Crippen LogP contribution < -0.4 is 0 Å². The molecule has 122 valence electrons. The topological polar surface area (TPSA) is 78.2 Å². The van der Waals surface area contributed by atoms with Gasteiger partial charge >= 0.3 is 0 Å².